The number of fused-ring (bicyclic) bond motifs is 5. The molecule has 5 aliphatic heterocycles. The van der Waals surface area contributed by atoms with E-state index in [1.165, 1.54) is 19.3 Å². The Morgan fingerprint density at radius 1 is 0.851 bits per heavy atom. The van der Waals surface area contributed by atoms with Crippen LogP contribution in [-0.2, 0) is 28.5 Å². The minimum atomic E-state index is -1.23. The van der Waals surface area contributed by atoms with Crippen molar-refractivity contribution in [2.24, 2.45) is 17.8 Å². The highest BCUT2D eigenvalue weighted by Gasteiger charge is 2.61. The van der Waals surface area contributed by atoms with Gasteiger partial charge in [-0.3, -0.25) is 19.4 Å². The first-order chi connectivity index (χ1) is 23.0. The van der Waals surface area contributed by atoms with Gasteiger partial charge >= 0.3 is 0 Å². The lowest BCUT2D eigenvalue weighted by Crippen LogP contribution is -2.73. The fourth-order valence-corrected chi connectivity index (χ4v) is 10.3. The normalized spacial score (nSPS) is 42.1. The van der Waals surface area contributed by atoms with Crippen LogP contribution in [0.15, 0.2) is 11.8 Å². The van der Waals surface area contributed by atoms with E-state index >= 15 is 4.39 Å². The SMILES string of the molecule is O=C(NCCN1CCOCC1)C1=CN2C3CC4OC5CCCCC5C4CC3OC3C(NCCCN4CCOCC4)C(F)CC(C1=O)C32. The molecule has 262 valence electrons. The van der Waals surface area contributed by atoms with Crippen molar-refractivity contribution in [3.63, 3.8) is 0 Å². The van der Waals surface area contributed by atoms with Gasteiger partial charge < -0.3 is 34.5 Å². The Bertz CT molecular complexity index is 1170. The Hall–Kier alpha value is -1.67. The van der Waals surface area contributed by atoms with E-state index in [2.05, 4.69) is 25.3 Å². The highest BCUT2D eigenvalue weighted by atomic mass is 19.1. The van der Waals surface area contributed by atoms with Gasteiger partial charge in [0.15, 0.2) is 5.78 Å². The summed E-state index contributed by atoms with van der Waals surface area (Å²) in [7, 11) is 0. The number of carbonyl (C=O) groups excluding carboxylic acids is 2. The molecule has 47 heavy (non-hydrogen) atoms. The third-order valence-electron chi connectivity index (χ3n) is 12.6. The van der Waals surface area contributed by atoms with Gasteiger partial charge in [0.2, 0.25) is 0 Å². The van der Waals surface area contributed by atoms with Crippen LogP contribution in [-0.4, -0.2) is 154 Å². The van der Waals surface area contributed by atoms with Crippen LogP contribution < -0.4 is 10.6 Å². The molecule has 11 nitrogen and oxygen atoms in total. The van der Waals surface area contributed by atoms with Crippen LogP contribution in [0, 0.1) is 17.8 Å². The smallest absolute Gasteiger partial charge is 0.256 e. The van der Waals surface area contributed by atoms with Crippen molar-refractivity contribution in [1.29, 1.82) is 0 Å². The predicted molar refractivity (Wildman–Crippen MR) is 171 cm³/mol. The second-order valence-corrected chi connectivity index (χ2v) is 15.2. The zero-order valence-electron chi connectivity index (χ0n) is 27.7. The van der Waals surface area contributed by atoms with E-state index < -0.39 is 24.2 Å². The van der Waals surface area contributed by atoms with Crippen molar-refractivity contribution in [1.82, 2.24) is 25.3 Å². The Balaban J connectivity index is 1.01. The van der Waals surface area contributed by atoms with Gasteiger partial charge in [0.05, 0.1) is 74.5 Å². The molecule has 4 saturated heterocycles. The lowest BCUT2D eigenvalue weighted by Gasteiger charge is -2.60. The average molecular weight is 660 g/mol. The van der Waals surface area contributed by atoms with Gasteiger partial charge in [-0.1, -0.05) is 12.8 Å². The quantitative estimate of drug-likeness (QED) is 0.277. The van der Waals surface area contributed by atoms with Crippen LogP contribution in [0.5, 0.6) is 0 Å². The summed E-state index contributed by atoms with van der Waals surface area (Å²) in [5, 5.41) is 6.57. The second kappa shape index (κ2) is 14.3. The maximum absolute atomic E-state index is 16.3. The fourth-order valence-electron chi connectivity index (χ4n) is 10.3. The van der Waals surface area contributed by atoms with Gasteiger partial charge in [-0.25, -0.2) is 4.39 Å². The average Bonchev–Trinajstić information content (AvgIpc) is 3.46. The van der Waals surface area contributed by atoms with Crippen molar-refractivity contribution in [2.45, 2.75) is 100 Å². The summed E-state index contributed by atoms with van der Waals surface area (Å²) >= 11 is 0. The van der Waals surface area contributed by atoms with E-state index in [9.17, 15) is 9.59 Å². The lowest BCUT2D eigenvalue weighted by molar-refractivity contribution is -0.209. The van der Waals surface area contributed by atoms with Gasteiger partial charge in [0.1, 0.15) is 6.17 Å². The van der Waals surface area contributed by atoms with Gasteiger partial charge in [-0.15, -0.1) is 0 Å². The summed E-state index contributed by atoms with van der Waals surface area (Å²) in [6.45, 7) is 9.29. The number of rotatable bonds is 9. The molecule has 3 aliphatic carbocycles. The van der Waals surface area contributed by atoms with Crippen LogP contribution in [0.3, 0.4) is 0 Å². The third-order valence-corrected chi connectivity index (χ3v) is 12.6. The van der Waals surface area contributed by atoms with E-state index in [1.807, 2.05) is 6.20 Å². The number of morpholine rings is 3. The molecule has 0 radical (unpaired) electrons. The molecule has 11 unspecified atom stereocenters. The highest BCUT2D eigenvalue weighted by Crippen LogP contribution is 2.52. The van der Waals surface area contributed by atoms with E-state index in [1.54, 1.807) is 0 Å². The molecule has 8 rings (SSSR count). The molecule has 8 aliphatic rings. The van der Waals surface area contributed by atoms with Crippen LogP contribution in [0.2, 0.25) is 0 Å². The number of nitrogens with zero attached hydrogens (tertiary/aromatic N) is 3. The Kier molecular flexibility index (Phi) is 9.89. The maximum atomic E-state index is 16.3. The topological polar surface area (TPSA) is 105 Å². The number of ether oxygens (including phenoxy) is 4. The van der Waals surface area contributed by atoms with Crippen LogP contribution >= 0.6 is 0 Å². The van der Waals surface area contributed by atoms with Crippen molar-refractivity contribution in [3.8, 4) is 0 Å². The molecular weight excluding hydrogens is 605 g/mol. The molecule has 5 heterocycles. The van der Waals surface area contributed by atoms with Crippen LogP contribution in [0.4, 0.5) is 4.39 Å². The molecule has 12 heteroatoms. The first kappa shape index (κ1) is 32.5. The Labute approximate surface area is 278 Å². The second-order valence-electron chi connectivity index (χ2n) is 15.2. The Morgan fingerprint density at radius 3 is 2.38 bits per heavy atom. The maximum Gasteiger partial charge on any atom is 0.256 e. The molecule has 1 amide bonds. The van der Waals surface area contributed by atoms with E-state index in [-0.39, 0.29) is 48.0 Å². The van der Waals surface area contributed by atoms with Crippen molar-refractivity contribution in [3.05, 3.63) is 11.8 Å². The monoisotopic (exact) mass is 659 g/mol. The summed E-state index contributed by atoms with van der Waals surface area (Å²) in [5.41, 5.74) is 0.167. The number of alkyl halides is 1. The van der Waals surface area contributed by atoms with E-state index in [0.717, 1.165) is 71.6 Å². The Morgan fingerprint density at radius 2 is 1.60 bits per heavy atom. The third kappa shape index (κ3) is 6.53. The molecule has 11 atom stereocenters. The summed E-state index contributed by atoms with van der Waals surface area (Å²) in [5.74, 6) is -0.178. The minimum absolute atomic E-state index is 0.00235. The largest absolute Gasteiger partial charge is 0.379 e. The van der Waals surface area contributed by atoms with Crippen molar-refractivity contribution < 1.29 is 32.9 Å². The predicted octanol–water partition coefficient (Wildman–Crippen LogP) is 1.11. The molecule has 7 fully saturated rings. The lowest BCUT2D eigenvalue weighted by atomic mass is 9.67. The number of nitrogens with one attached hydrogen (secondary N) is 2. The molecule has 0 aromatic carbocycles. The molecule has 2 N–H and O–H groups in total. The molecule has 0 aromatic heterocycles. The standard InChI is InChI=1S/C35H54FN5O6/c36-26-18-24-32-34(31(26)37-6-3-8-39-10-14-44-15-11-39)47-30-19-23-22-4-1-2-5-28(22)46-29(23)20-27(30)41(32)21-25(33(24)42)35(43)38-7-9-40-12-16-45-17-13-40/h21-24,26-32,34,37H,1-20H2,(H,38,43). The fraction of sp³-hybridized carbons (Fsp3) is 0.886. The van der Waals surface area contributed by atoms with Crippen molar-refractivity contribution >= 4 is 11.7 Å². The summed E-state index contributed by atoms with van der Waals surface area (Å²) < 4.78 is 40.9. The number of Topliss-reactive ketones (excluding diaryl/α,β-unsaturated/α-hetero) is 1. The highest BCUT2D eigenvalue weighted by molar-refractivity contribution is 6.20. The van der Waals surface area contributed by atoms with Gasteiger partial charge in [0.25, 0.3) is 5.91 Å². The number of halogens is 1. The molecule has 0 aromatic rings. The number of hydrogen-bond acceptors (Lipinski definition) is 10. The summed E-state index contributed by atoms with van der Waals surface area (Å²) in [4.78, 5) is 34.6. The first-order valence-corrected chi connectivity index (χ1v) is 18.7. The number of carbonyl (C=O) groups is 2. The molecule has 0 spiro atoms. The summed E-state index contributed by atoms with van der Waals surface area (Å²) in [6.07, 6.45) is 8.13. The zero-order chi connectivity index (χ0) is 31.9. The summed E-state index contributed by atoms with van der Waals surface area (Å²) in [6, 6.07) is -0.783. The van der Waals surface area contributed by atoms with Crippen LogP contribution in [0.1, 0.15) is 51.4 Å². The molecule has 0 bridgehead atoms. The number of ketones is 1. The zero-order valence-corrected chi connectivity index (χ0v) is 27.7. The van der Waals surface area contributed by atoms with Gasteiger partial charge in [-0.2, -0.15) is 0 Å². The first-order valence-electron chi connectivity index (χ1n) is 18.7. The van der Waals surface area contributed by atoms with Gasteiger partial charge in [-0.05, 0) is 63.5 Å². The van der Waals surface area contributed by atoms with Gasteiger partial charge in [0, 0.05) is 51.4 Å². The number of amides is 1. The van der Waals surface area contributed by atoms with E-state index in [4.69, 9.17) is 18.9 Å². The van der Waals surface area contributed by atoms with E-state index in [0.29, 0.717) is 50.8 Å². The molecular formula is C35H54FN5O6. The van der Waals surface area contributed by atoms with Crippen molar-refractivity contribution in [2.75, 3.05) is 78.8 Å². The molecule has 3 saturated carbocycles. The number of hydrogen-bond donors (Lipinski definition) is 2. The van der Waals surface area contributed by atoms with Crippen LogP contribution in [0.25, 0.3) is 0 Å². The minimum Gasteiger partial charge on any atom is -0.379 e.